The largest absolute Gasteiger partial charge is 0.495 e. The van der Waals surface area contributed by atoms with Crippen molar-refractivity contribution in [2.75, 3.05) is 26.5 Å². The smallest absolute Gasteiger partial charge is 0.141 e. The number of anilines is 1. The van der Waals surface area contributed by atoms with Crippen LogP contribution in [-0.2, 0) is 13.1 Å². The SMILES string of the molecule is COc1ccc(CN(C)C)cc1NCc1ccccn1. The molecule has 2 aromatic rings. The van der Waals surface area contributed by atoms with E-state index in [0.717, 1.165) is 23.7 Å². The molecular weight excluding hydrogens is 250 g/mol. The molecule has 0 saturated heterocycles. The maximum Gasteiger partial charge on any atom is 0.141 e. The van der Waals surface area contributed by atoms with E-state index < -0.39 is 0 Å². The number of rotatable bonds is 6. The highest BCUT2D eigenvalue weighted by atomic mass is 16.5. The van der Waals surface area contributed by atoms with E-state index in [2.05, 4.69) is 41.4 Å². The monoisotopic (exact) mass is 271 g/mol. The van der Waals surface area contributed by atoms with Gasteiger partial charge in [-0.15, -0.1) is 0 Å². The first-order chi connectivity index (χ1) is 9.69. The molecule has 0 saturated carbocycles. The van der Waals surface area contributed by atoms with E-state index in [4.69, 9.17) is 4.74 Å². The summed E-state index contributed by atoms with van der Waals surface area (Å²) in [6, 6.07) is 12.1. The van der Waals surface area contributed by atoms with E-state index in [1.165, 1.54) is 5.56 Å². The van der Waals surface area contributed by atoms with Crippen molar-refractivity contribution in [1.82, 2.24) is 9.88 Å². The zero-order valence-corrected chi connectivity index (χ0v) is 12.3. The molecule has 4 heteroatoms. The van der Waals surface area contributed by atoms with Crippen LogP contribution in [0.5, 0.6) is 5.75 Å². The molecule has 0 radical (unpaired) electrons. The first kappa shape index (κ1) is 14.3. The Morgan fingerprint density at radius 1 is 1.20 bits per heavy atom. The van der Waals surface area contributed by atoms with Gasteiger partial charge in [0.2, 0.25) is 0 Å². The Morgan fingerprint density at radius 3 is 2.70 bits per heavy atom. The Labute approximate surface area is 120 Å². The topological polar surface area (TPSA) is 37.4 Å². The number of methoxy groups -OCH3 is 1. The lowest BCUT2D eigenvalue weighted by Crippen LogP contribution is -2.11. The van der Waals surface area contributed by atoms with Gasteiger partial charge in [0.05, 0.1) is 25.0 Å². The summed E-state index contributed by atoms with van der Waals surface area (Å²) in [6.07, 6.45) is 1.80. The zero-order valence-electron chi connectivity index (χ0n) is 12.3. The molecule has 4 nitrogen and oxygen atoms in total. The molecule has 0 bridgehead atoms. The molecule has 106 valence electrons. The van der Waals surface area contributed by atoms with E-state index in [0.29, 0.717) is 6.54 Å². The fraction of sp³-hybridized carbons (Fsp3) is 0.312. The quantitative estimate of drug-likeness (QED) is 0.876. The van der Waals surface area contributed by atoms with Crippen LogP contribution in [0.2, 0.25) is 0 Å². The number of pyridine rings is 1. The fourth-order valence-corrected chi connectivity index (χ4v) is 2.05. The standard InChI is InChI=1S/C16H21N3O/c1-19(2)12-13-7-8-16(20-3)15(10-13)18-11-14-6-4-5-9-17-14/h4-10,18H,11-12H2,1-3H3. The summed E-state index contributed by atoms with van der Waals surface area (Å²) in [4.78, 5) is 6.45. The molecule has 0 fully saturated rings. The van der Waals surface area contributed by atoms with Crippen LogP contribution in [0.4, 0.5) is 5.69 Å². The molecule has 0 amide bonds. The summed E-state index contributed by atoms with van der Waals surface area (Å²) in [7, 11) is 5.81. The van der Waals surface area contributed by atoms with Gasteiger partial charge in [0, 0.05) is 12.7 Å². The number of hydrogen-bond donors (Lipinski definition) is 1. The summed E-state index contributed by atoms with van der Waals surface area (Å²) in [5, 5.41) is 3.39. The second-order valence-corrected chi connectivity index (χ2v) is 4.95. The summed E-state index contributed by atoms with van der Waals surface area (Å²) < 4.78 is 5.40. The van der Waals surface area contributed by atoms with Crippen molar-refractivity contribution in [3.8, 4) is 5.75 Å². The highest BCUT2D eigenvalue weighted by molar-refractivity contribution is 5.58. The van der Waals surface area contributed by atoms with Crippen molar-refractivity contribution in [1.29, 1.82) is 0 Å². The Hall–Kier alpha value is -2.07. The van der Waals surface area contributed by atoms with Gasteiger partial charge in [-0.05, 0) is 43.9 Å². The molecule has 0 aliphatic carbocycles. The van der Waals surface area contributed by atoms with Gasteiger partial charge in [-0.1, -0.05) is 12.1 Å². The van der Waals surface area contributed by atoms with E-state index in [9.17, 15) is 0 Å². The van der Waals surface area contributed by atoms with Gasteiger partial charge in [0.1, 0.15) is 5.75 Å². The van der Waals surface area contributed by atoms with Crippen molar-refractivity contribution in [2.24, 2.45) is 0 Å². The van der Waals surface area contributed by atoms with Gasteiger partial charge in [-0.3, -0.25) is 4.98 Å². The van der Waals surface area contributed by atoms with Gasteiger partial charge >= 0.3 is 0 Å². The highest BCUT2D eigenvalue weighted by Crippen LogP contribution is 2.26. The number of hydrogen-bond acceptors (Lipinski definition) is 4. The lowest BCUT2D eigenvalue weighted by atomic mass is 10.1. The first-order valence-electron chi connectivity index (χ1n) is 6.64. The average Bonchev–Trinajstić information content (AvgIpc) is 2.46. The van der Waals surface area contributed by atoms with Crippen molar-refractivity contribution in [3.05, 3.63) is 53.9 Å². The Bertz CT molecular complexity index is 541. The minimum Gasteiger partial charge on any atom is -0.495 e. The van der Waals surface area contributed by atoms with Gasteiger partial charge < -0.3 is 15.0 Å². The number of ether oxygens (including phenoxy) is 1. The Morgan fingerprint density at radius 2 is 2.05 bits per heavy atom. The third-order valence-corrected chi connectivity index (χ3v) is 2.95. The van der Waals surface area contributed by atoms with Crippen LogP contribution in [0.15, 0.2) is 42.6 Å². The number of benzene rings is 1. The highest BCUT2D eigenvalue weighted by Gasteiger charge is 2.05. The predicted octanol–water partition coefficient (Wildman–Crippen LogP) is 2.76. The van der Waals surface area contributed by atoms with E-state index >= 15 is 0 Å². The molecule has 0 atom stereocenters. The van der Waals surface area contributed by atoms with Gasteiger partial charge in [0.15, 0.2) is 0 Å². The van der Waals surface area contributed by atoms with Gasteiger partial charge in [-0.2, -0.15) is 0 Å². The maximum atomic E-state index is 5.40. The average molecular weight is 271 g/mol. The summed E-state index contributed by atoms with van der Waals surface area (Å²) in [5.74, 6) is 0.850. The van der Waals surface area contributed by atoms with Crippen molar-refractivity contribution < 1.29 is 4.74 Å². The molecule has 1 heterocycles. The summed E-state index contributed by atoms with van der Waals surface area (Å²) >= 11 is 0. The predicted molar refractivity (Wildman–Crippen MR) is 81.9 cm³/mol. The third kappa shape index (κ3) is 3.96. The van der Waals surface area contributed by atoms with Crippen LogP contribution in [0.25, 0.3) is 0 Å². The van der Waals surface area contributed by atoms with Crippen molar-refractivity contribution >= 4 is 5.69 Å². The fourth-order valence-electron chi connectivity index (χ4n) is 2.05. The number of aromatic nitrogens is 1. The maximum absolute atomic E-state index is 5.40. The molecule has 1 aromatic heterocycles. The van der Waals surface area contributed by atoms with E-state index in [-0.39, 0.29) is 0 Å². The molecule has 20 heavy (non-hydrogen) atoms. The molecule has 1 aromatic carbocycles. The Kier molecular flexibility index (Phi) is 4.96. The van der Waals surface area contributed by atoms with Crippen molar-refractivity contribution in [2.45, 2.75) is 13.1 Å². The van der Waals surface area contributed by atoms with E-state index in [1.807, 2.05) is 24.3 Å². The first-order valence-corrected chi connectivity index (χ1v) is 6.64. The minimum absolute atomic E-state index is 0.683. The molecule has 1 N–H and O–H groups in total. The number of nitrogens with zero attached hydrogens (tertiary/aromatic N) is 2. The molecule has 0 aliphatic rings. The van der Waals surface area contributed by atoms with Crippen LogP contribution < -0.4 is 10.1 Å². The molecular formula is C16H21N3O. The lowest BCUT2D eigenvalue weighted by molar-refractivity contribution is 0.400. The zero-order chi connectivity index (χ0) is 14.4. The molecule has 0 spiro atoms. The molecule has 0 aliphatic heterocycles. The Balaban J connectivity index is 2.12. The molecule has 2 rings (SSSR count). The van der Waals surface area contributed by atoms with Crippen molar-refractivity contribution in [3.63, 3.8) is 0 Å². The van der Waals surface area contributed by atoms with E-state index in [1.54, 1.807) is 13.3 Å². The second kappa shape index (κ2) is 6.91. The minimum atomic E-state index is 0.683. The molecule has 0 unspecified atom stereocenters. The van der Waals surface area contributed by atoms with Crippen LogP contribution in [0.3, 0.4) is 0 Å². The summed E-state index contributed by atoms with van der Waals surface area (Å²) in [6.45, 7) is 1.59. The normalized spacial score (nSPS) is 10.6. The lowest BCUT2D eigenvalue weighted by Gasteiger charge is -2.15. The number of nitrogens with one attached hydrogen (secondary N) is 1. The van der Waals surface area contributed by atoms with Crippen LogP contribution >= 0.6 is 0 Å². The van der Waals surface area contributed by atoms with Crippen LogP contribution in [0.1, 0.15) is 11.3 Å². The second-order valence-electron chi connectivity index (χ2n) is 4.95. The van der Waals surface area contributed by atoms with Gasteiger partial charge in [0.25, 0.3) is 0 Å². The van der Waals surface area contributed by atoms with Gasteiger partial charge in [-0.25, -0.2) is 0 Å². The van der Waals surface area contributed by atoms with Crippen LogP contribution in [0, 0.1) is 0 Å². The summed E-state index contributed by atoms with van der Waals surface area (Å²) in [5.41, 5.74) is 3.25. The third-order valence-electron chi connectivity index (χ3n) is 2.95. The van der Waals surface area contributed by atoms with Crippen LogP contribution in [-0.4, -0.2) is 31.1 Å².